The molecule has 0 spiro atoms. The third kappa shape index (κ3) is 3.67. The van der Waals surface area contributed by atoms with Gasteiger partial charge in [0.15, 0.2) is 0 Å². The minimum Gasteiger partial charge on any atom is -0.377 e. The summed E-state index contributed by atoms with van der Waals surface area (Å²) < 4.78 is 5.60. The molecule has 1 atom stereocenters. The number of methoxy groups -OCH3 is 1. The molecule has 0 aromatic carbocycles. The summed E-state index contributed by atoms with van der Waals surface area (Å²) in [5.41, 5.74) is -0.0748. The van der Waals surface area contributed by atoms with Crippen molar-refractivity contribution in [2.24, 2.45) is 0 Å². The van der Waals surface area contributed by atoms with E-state index in [1.165, 1.54) is 25.7 Å². The SMILES string of the molecule is CNC1CCC(N(C)C(C)C(C)(C)OC)CC1. The van der Waals surface area contributed by atoms with Crippen molar-refractivity contribution in [3.05, 3.63) is 0 Å². The van der Waals surface area contributed by atoms with Gasteiger partial charge in [-0.3, -0.25) is 4.90 Å². The van der Waals surface area contributed by atoms with Crippen molar-refractivity contribution in [2.45, 2.75) is 70.2 Å². The summed E-state index contributed by atoms with van der Waals surface area (Å²) in [5, 5.41) is 3.39. The molecule has 3 nitrogen and oxygen atoms in total. The first-order chi connectivity index (χ1) is 7.92. The van der Waals surface area contributed by atoms with Crippen LogP contribution < -0.4 is 5.32 Å². The van der Waals surface area contributed by atoms with Gasteiger partial charge in [0.2, 0.25) is 0 Å². The van der Waals surface area contributed by atoms with Crippen molar-refractivity contribution in [1.29, 1.82) is 0 Å². The number of ether oxygens (including phenoxy) is 1. The van der Waals surface area contributed by atoms with Gasteiger partial charge in [0, 0.05) is 25.2 Å². The third-order valence-electron chi connectivity index (χ3n) is 4.82. The summed E-state index contributed by atoms with van der Waals surface area (Å²) in [6, 6.07) is 1.89. The molecule has 1 N–H and O–H groups in total. The Morgan fingerprint density at radius 2 is 1.76 bits per heavy atom. The zero-order valence-electron chi connectivity index (χ0n) is 12.4. The molecule has 0 radical (unpaired) electrons. The zero-order chi connectivity index (χ0) is 13.1. The summed E-state index contributed by atoms with van der Waals surface area (Å²) in [6.45, 7) is 6.62. The average Bonchev–Trinajstić information content (AvgIpc) is 2.37. The first-order valence-corrected chi connectivity index (χ1v) is 6.86. The van der Waals surface area contributed by atoms with Gasteiger partial charge in [-0.2, -0.15) is 0 Å². The minimum atomic E-state index is -0.0748. The first-order valence-electron chi connectivity index (χ1n) is 6.86. The highest BCUT2D eigenvalue weighted by Gasteiger charge is 2.33. The van der Waals surface area contributed by atoms with Crippen LogP contribution in [0.4, 0.5) is 0 Å². The van der Waals surface area contributed by atoms with Crippen molar-refractivity contribution >= 4 is 0 Å². The Balaban J connectivity index is 2.51. The molecule has 17 heavy (non-hydrogen) atoms. The van der Waals surface area contributed by atoms with Crippen LogP contribution in [0.3, 0.4) is 0 Å². The number of hydrogen-bond acceptors (Lipinski definition) is 3. The van der Waals surface area contributed by atoms with E-state index in [-0.39, 0.29) is 5.60 Å². The fourth-order valence-corrected chi connectivity index (χ4v) is 2.75. The first kappa shape index (κ1) is 14.9. The molecule has 0 amide bonds. The summed E-state index contributed by atoms with van der Waals surface area (Å²) >= 11 is 0. The fraction of sp³-hybridized carbons (Fsp3) is 1.00. The Hall–Kier alpha value is -0.120. The third-order valence-corrected chi connectivity index (χ3v) is 4.82. The van der Waals surface area contributed by atoms with Gasteiger partial charge in [-0.1, -0.05) is 0 Å². The average molecular weight is 242 g/mol. The molecule has 1 aliphatic rings. The number of nitrogens with zero attached hydrogens (tertiary/aromatic N) is 1. The van der Waals surface area contributed by atoms with Gasteiger partial charge in [-0.15, -0.1) is 0 Å². The summed E-state index contributed by atoms with van der Waals surface area (Å²) in [4.78, 5) is 2.51. The van der Waals surface area contributed by atoms with E-state index in [4.69, 9.17) is 4.74 Å². The van der Waals surface area contributed by atoms with Gasteiger partial charge in [-0.05, 0) is 60.5 Å². The van der Waals surface area contributed by atoms with Gasteiger partial charge >= 0.3 is 0 Å². The number of hydrogen-bond donors (Lipinski definition) is 1. The number of rotatable bonds is 5. The van der Waals surface area contributed by atoms with Crippen LogP contribution in [0.2, 0.25) is 0 Å². The fourth-order valence-electron chi connectivity index (χ4n) is 2.75. The molecule has 102 valence electrons. The van der Waals surface area contributed by atoms with Crippen LogP contribution in [0.5, 0.6) is 0 Å². The summed E-state index contributed by atoms with van der Waals surface area (Å²) in [6.07, 6.45) is 5.19. The molecule has 1 aliphatic carbocycles. The highest BCUT2D eigenvalue weighted by Crippen LogP contribution is 2.27. The van der Waals surface area contributed by atoms with E-state index in [9.17, 15) is 0 Å². The molecule has 0 bridgehead atoms. The predicted molar refractivity (Wildman–Crippen MR) is 73.4 cm³/mol. The Labute approximate surface area is 107 Å². The molecule has 1 fully saturated rings. The lowest BCUT2D eigenvalue weighted by Gasteiger charge is -2.43. The van der Waals surface area contributed by atoms with E-state index in [1.807, 2.05) is 7.11 Å². The molecule has 0 aromatic rings. The Kier molecular flexibility index (Phi) is 5.42. The topological polar surface area (TPSA) is 24.5 Å². The maximum atomic E-state index is 5.60. The summed E-state index contributed by atoms with van der Waals surface area (Å²) in [7, 11) is 6.13. The van der Waals surface area contributed by atoms with E-state index >= 15 is 0 Å². The van der Waals surface area contributed by atoms with Crippen LogP contribution >= 0.6 is 0 Å². The Morgan fingerprint density at radius 1 is 1.24 bits per heavy atom. The molecule has 0 aromatic heterocycles. The highest BCUT2D eigenvalue weighted by atomic mass is 16.5. The Bertz CT molecular complexity index is 222. The van der Waals surface area contributed by atoms with E-state index in [0.717, 1.165) is 6.04 Å². The molecule has 3 heteroatoms. The normalized spacial score (nSPS) is 28.4. The molecule has 1 saturated carbocycles. The van der Waals surface area contributed by atoms with Crippen LogP contribution in [0.25, 0.3) is 0 Å². The van der Waals surface area contributed by atoms with Gasteiger partial charge in [0.25, 0.3) is 0 Å². The number of likely N-dealkylation sites (N-methyl/N-ethyl adjacent to an activating group) is 1. The molecule has 0 heterocycles. The highest BCUT2D eigenvalue weighted by molar-refractivity contribution is 4.89. The van der Waals surface area contributed by atoms with Crippen LogP contribution in [0.1, 0.15) is 46.5 Å². The molecule has 1 rings (SSSR count). The predicted octanol–water partition coefficient (Wildman–Crippen LogP) is 2.26. The Morgan fingerprint density at radius 3 is 2.18 bits per heavy atom. The van der Waals surface area contributed by atoms with Crippen molar-refractivity contribution < 1.29 is 4.74 Å². The maximum absolute atomic E-state index is 5.60. The molecule has 1 unspecified atom stereocenters. The van der Waals surface area contributed by atoms with Crippen molar-refractivity contribution in [2.75, 3.05) is 21.2 Å². The van der Waals surface area contributed by atoms with Crippen LogP contribution in [-0.4, -0.2) is 49.8 Å². The van der Waals surface area contributed by atoms with Gasteiger partial charge in [0.1, 0.15) is 0 Å². The lowest BCUT2D eigenvalue weighted by molar-refractivity contribution is -0.0546. The van der Waals surface area contributed by atoms with E-state index < -0.39 is 0 Å². The van der Waals surface area contributed by atoms with Crippen LogP contribution in [0, 0.1) is 0 Å². The molecular formula is C14H30N2O. The molecule has 0 aliphatic heterocycles. The zero-order valence-corrected chi connectivity index (χ0v) is 12.4. The second-order valence-corrected chi connectivity index (χ2v) is 5.94. The van der Waals surface area contributed by atoms with E-state index in [0.29, 0.717) is 12.1 Å². The monoisotopic (exact) mass is 242 g/mol. The van der Waals surface area contributed by atoms with E-state index in [2.05, 4.69) is 45.1 Å². The molecular weight excluding hydrogens is 212 g/mol. The van der Waals surface area contributed by atoms with Crippen LogP contribution in [0.15, 0.2) is 0 Å². The smallest absolute Gasteiger partial charge is 0.0774 e. The van der Waals surface area contributed by atoms with Crippen molar-refractivity contribution in [3.63, 3.8) is 0 Å². The largest absolute Gasteiger partial charge is 0.377 e. The van der Waals surface area contributed by atoms with E-state index in [1.54, 1.807) is 0 Å². The standard InChI is InChI=1S/C14H30N2O/c1-11(14(2,3)17-6)16(5)13-9-7-12(15-4)8-10-13/h11-13,15H,7-10H2,1-6H3. The second-order valence-electron chi connectivity index (χ2n) is 5.94. The quantitative estimate of drug-likeness (QED) is 0.800. The molecule has 0 saturated heterocycles. The van der Waals surface area contributed by atoms with Crippen molar-refractivity contribution in [3.8, 4) is 0 Å². The van der Waals surface area contributed by atoms with Gasteiger partial charge < -0.3 is 10.1 Å². The lowest BCUT2D eigenvalue weighted by atomic mass is 9.88. The minimum absolute atomic E-state index is 0.0748. The van der Waals surface area contributed by atoms with Gasteiger partial charge in [0.05, 0.1) is 5.60 Å². The maximum Gasteiger partial charge on any atom is 0.0774 e. The second kappa shape index (κ2) is 6.17. The van der Waals surface area contributed by atoms with Crippen molar-refractivity contribution in [1.82, 2.24) is 10.2 Å². The van der Waals surface area contributed by atoms with Crippen LogP contribution in [-0.2, 0) is 4.74 Å². The number of nitrogens with one attached hydrogen (secondary N) is 1. The lowest BCUT2D eigenvalue weighted by Crippen LogP contribution is -2.52. The van der Waals surface area contributed by atoms with Gasteiger partial charge in [-0.25, -0.2) is 0 Å². The summed E-state index contributed by atoms with van der Waals surface area (Å²) in [5.74, 6) is 0.